The molecule has 1 aromatic carbocycles. The van der Waals surface area contributed by atoms with Crippen molar-refractivity contribution in [3.8, 4) is 0 Å². The fraction of sp³-hybridized carbons (Fsp3) is 0.462. The van der Waals surface area contributed by atoms with Gasteiger partial charge in [-0.1, -0.05) is 11.6 Å². The molecule has 0 N–H and O–H groups in total. The number of hydrogen-bond acceptors (Lipinski definition) is 2. The molecule has 1 aliphatic heterocycles. The van der Waals surface area contributed by atoms with E-state index in [-0.39, 0.29) is 5.02 Å². The minimum absolute atomic E-state index is 0.0856. The zero-order chi connectivity index (χ0) is 13.4. The Morgan fingerprint density at radius 1 is 1.47 bits per heavy atom. The molecule has 1 aliphatic rings. The van der Waals surface area contributed by atoms with Crippen LogP contribution in [0.2, 0.25) is 5.02 Å². The van der Waals surface area contributed by atoms with Gasteiger partial charge in [0.2, 0.25) is 0 Å². The molecular weight excluding hydrogens is 290 g/mol. The van der Waals surface area contributed by atoms with Gasteiger partial charge in [0, 0.05) is 25.1 Å². The summed E-state index contributed by atoms with van der Waals surface area (Å²) in [5.74, 6) is 1.03. The summed E-state index contributed by atoms with van der Waals surface area (Å²) in [6.45, 7) is 2.27. The normalized spacial score (nSPS) is 19.4. The lowest BCUT2D eigenvalue weighted by Gasteiger charge is -2.12. The third kappa shape index (κ3) is 2.45. The summed E-state index contributed by atoms with van der Waals surface area (Å²) < 4.78 is 21.0. The van der Waals surface area contributed by atoms with E-state index in [4.69, 9.17) is 27.9 Å². The maximum atomic E-state index is 13.6. The second-order valence-electron chi connectivity index (χ2n) is 4.76. The van der Waals surface area contributed by atoms with Crippen LogP contribution in [0.15, 0.2) is 12.1 Å². The highest BCUT2D eigenvalue weighted by Crippen LogP contribution is 2.26. The van der Waals surface area contributed by atoms with Gasteiger partial charge in [-0.05, 0) is 12.5 Å². The number of benzene rings is 1. The van der Waals surface area contributed by atoms with Crippen molar-refractivity contribution in [2.24, 2.45) is 5.92 Å². The number of nitrogens with zero attached hydrogens (tertiary/aromatic N) is 2. The molecule has 0 aliphatic carbocycles. The summed E-state index contributed by atoms with van der Waals surface area (Å²) in [4.78, 5) is 4.41. The predicted molar refractivity (Wildman–Crippen MR) is 73.2 cm³/mol. The van der Waals surface area contributed by atoms with E-state index in [0.717, 1.165) is 37.5 Å². The standard InChI is InChI=1S/C13H13Cl2FN2O/c14-5-13-17-11-3-9(15)10(16)4-12(11)18(13)6-8-1-2-19-7-8/h3-4,8H,1-2,5-7H2. The van der Waals surface area contributed by atoms with E-state index in [1.165, 1.54) is 6.07 Å². The van der Waals surface area contributed by atoms with Gasteiger partial charge in [-0.2, -0.15) is 0 Å². The van der Waals surface area contributed by atoms with Gasteiger partial charge in [0.05, 0.1) is 28.5 Å². The molecule has 6 heteroatoms. The Morgan fingerprint density at radius 3 is 3.00 bits per heavy atom. The summed E-state index contributed by atoms with van der Waals surface area (Å²) in [7, 11) is 0. The lowest BCUT2D eigenvalue weighted by atomic mass is 10.1. The van der Waals surface area contributed by atoms with Gasteiger partial charge in [-0.25, -0.2) is 9.37 Å². The fourth-order valence-electron chi connectivity index (χ4n) is 2.46. The molecule has 0 spiro atoms. The average Bonchev–Trinajstić information content (AvgIpc) is 3.00. The molecule has 2 aromatic rings. The van der Waals surface area contributed by atoms with Crippen LogP contribution in [0.1, 0.15) is 12.2 Å². The minimum atomic E-state index is -0.431. The van der Waals surface area contributed by atoms with E-state index < -0.39 is 5.82 Å². The Labute approximate surface area is 120 Å². The molecule has 0 amide bonds. The van der Waals surface area contributed by atoms with Crippen molar-refractivity contribution in [2.45, 2.75) is 18.8 Å². The van der Waals surface area contributed by atoms with Crippen LogP contribution >= 0.6 is 23.2 Å². The Hall–Kier alpha value is -0.840. The van der Waals surface area contributed by atoms with E-state index in [1.54, 1.807) is 6.07 Å². The van der Waals surface area contributed by atoms with Gasteiger partial charge in [0.15, 0.2) is 0 Å². The first kappa shape index (κ1) is 13.2. The maximum Gasteiger partial charge on any atom is 0.144 e. The molecule has 1 fully saturated rings. The van der Waals surface area contributed by atoms with Crippen LogP contribution in [-0.4, -0.2) is 22.8 Å². The number of aromatic nitrogens is 2. The number of halogens is 3. The van der Waals surface area contributed by atoms with Gasteiger partial charge < -0.3 is 9.30 Å². The van der Waals surface area contributed by atoms with E-state index >= 15 is 0 Å². The van der Waals surface area contributed by atoms with E-state index in [1.807, 2.05) is 4.57 Å². The smallest absolute Gasteiger partial charge is 0.144 e. The molecule has 19 heavy (non-hydrogen) atoms. The van der Waals surface area contributed by atoms with Crippen molar-refractivity contribution in [1.82, 2.24) is 9.55 Å². The Bertz CT molecular complexity index is 608. The molecule has 3 rings (SSSR count). The predicted octanol–water partition coefficient (Wildman–Crippen LogP) is 3.60. The van der Waals surface area contributed by atoms with Gasteiger partial charge in [0.25, 0.3) is 0 Å². The Balaban J connectivity index is 2.06. The topological polar surface area (TPSA) is 27.1 Å². The van der Waals surface area contributed by atoms with Crippen LogP contribution in [0.5, 0.6) is 0 Å². The van der Waals surface area contributed by atoms with Crippen molar-refractivity contribution >= 4 is 34.2 Å². The van der Waals surface area contributed by atoms with Crippen molar-refractivity contribution < 1.29 is 9.13 Å². The summed E-state index contributed by atoms with van der Waals surface area (Å²) in [5, 5.41) is 0.0856. The van der Waals surface area contributed by atoms with E-state index in [0.29, 0.717) is 17.3 Å². The van der Waals surface area contributed by atoms with Crippen LogP contribution in [0.4, 0.5) is 4.39 Å². The second-order valence-corrected chi connectivity index (χ2v) is 5.43. The lowest BCUT2D eigenvalue weighted by Crippen LogP contribution is -2.12. The van der Waals surface area contributed by atoms with E-state index in [9.17, 15) is 4.39 Å². The third-order valence-electron chi connectivity index (χ3n) is 3.45. The first-order chi connectivity index (χ1) is 9.19. The highest BCUT2D eigenvalue weighted by atomic mass is 35.5. The minimum Gasteiger partial charge on any atom is -0.381 e. The van der Waals surface area contributed by atoms with Gasteiger partial charge >= 0.3 is 0 Å². The number of imidazole rings is 1. The Morgan fingerprint density at radius 2 is 2.32 bits per heavy atom. The van der Waals surface area contributed by atoms with Crippen LogP contribution < -0.4 is 0 Å². The van der Waals surface area contributed by atoms with Crippen LogP contribution in [0.25, 0.3) is 11.0 Å². The monoisotopic (exact) mass is 302 g/mol. The summed E-state index contributed by atoms with van der Waals surface area (Å²) in [6, 6.07) is 2.97. The third-order valence-corrected chi connectivity index (χ3v) is 3.98. The highest BCUT2D eigenvalue weighted by molar-refractivity contribution is 6.31. The van der Waals surface area contributed by atoms with Crippen molar-refractivity contribution in [3.63, 3.8) is 0 Å². The average molecular weight is 303 g/mol. The van der Waals surface area contributed by atoms with Crippen molar-refractivity contribution in [3.05, 3.63) is 28.8 Å². The number of hydrogen-bond donors (Lipinski definition) is 0. The molecule has 102 valence electrons. The molecule has 0 bridgehead atoms. The van der Waals surface area contributed by atoms with Crippen molar-refractivity contribution in [2.75, 3.05) is 13.2 Å². The molecule has 0 radical (unpaired) electrons. The van der Waals surface area contributed by atoms with Gasteiger partial charge in [-0.15, -0.1) is 11.6 Å². The first-order valence-corrected chi connectivity index (χ1v) is 7.08. The first-order valence-electron chi connectivity index (χ1n) is 6.17. The maximum absolute atomic E-state index is 13.6. The van der Waals surface area contributed by atoms with Gasteiger partial charge in [0.1, 0.15) is 11.6 Å². The SMILES string of the molecule is Fc1cc2c(cc1Cl)nc(CCl)n2CC1CCOC1. The van der Waals surface area contributed by atoms with Crippen molar-refractivity contribution in [1.29, 1.82) is 0 Å². The highest BCUT2D eigenvalue weighted by Gasteiger charge is 2.20. The number of fused-ring (bicyclic) bond motifs is 1. The molecule has 3 nitrogen and oxygen atoms in total. The molecule has 0 saturated carbocycles. The lowest BCUT2D eigenvalue weighted by molar-refractivity contribution is 0.182. The number of ether oxygens (including phenoxy) is 1. The molecule has 1 saturated heterocycles. The number of alkyl halides is 1. The Kier molecular flexibility index (Phi) is 3.65. The zero-order valence-corrected chi connectivity index (χ0v) is 11.7. The second kappa shape index (κ2) is 5.27. The summed E-state index contributed by atoms with van der Waals surface area (Å²) in [6.07, 6.45) is 1.01. The van der Waals surface area contributed by atoms with Crippen LogP contribution in [0, 0.1) is 11.7 Å². The van der Waals surface area contributed by atoms with Gasteiger partial charge in [-0.3, -0.25) is 0 Å². The molecule has 1 atom stereocenters. The molecule has 1 aromatic heterocycles. The zero-order valence-electron chi connectivity index (χ0n) is 10.2. The largest absolute Gasteiger partial charge is 0.381 e. The number of rotatable bonds is 3. The van der Waals surface area contributed by atoms with Crippen LogP contribution in [-0.2, 0) is 17.2 Å². The van der Waals surface area contributed by atoms with Crippen LogP contribution in [0.3, 0.4) is 0 Å². The quantitative estimate of drug-likeness (QED) is 0.810. The molecular formula is C13H13Cl2FN2O. The summed E-state index contributed by atoms with van der Waals surface area (Å²) in [5.41, 5.74) is 1.42. The summed E-state index contributed by atoms with van der Waals surface area (Å²) >= 11 is 11.7. The molecule has 2 heterocycles. The van der Waals surface area contributed by atoms with E-state index in [2.05, 4.69) is 4.98 Å². The fourth-order valence-corrected chi connectivity index (χ4v) is 2.82. The molecule has 1 unspecified atom stereocenters.